The fourth-order valence-corrected chi connectivity index (χ4v) is 6.75. The minimum absolute atomic E-state index is 0.293. The van der Waals surface area contributed by atoms with Crippen LogP contribution in [0.15, 0.2) is 12.1 Å². The molecule has 1 N–H and O–H groups in total. The number of aryl methyl sites for hydroxylation is 1. The highest BCUT2D eigenvalue weighted by Gasteiger charge is 2.57. The van der Waals surface area contributed by atoms with Gasteiger partial charge in [0.25, 0.3) is 0 Å². The minimum atomic E-state index is 0.293. The molecule has 134 valence electrons. The van der Waals surface area contributed by atoms with Crippen molar-refractivity contribution in [3.63, 3.8) is 0 Å². The first-order valence-electron chi connectivity index (χ1n) is 10.1. The molecule has 1 nitrogen and oxygen atoms in total. The van der Waals surface area contributed by atoms with Gasteiger partial charge in [0.15, 0.2) is 0 Å². The van der Waals surface area contributed by atoms with Crippen molar-refractivity contribution in [3.8, 4) is 5.75 Å². The number of rotatable bonds is 4. The van der Waals surface area contributed by atoms with Crippen LogP contribution in [0.2, 0.25) is 0 Å². The molecule has 2 aliphatic rings. The summed E-state index contributed by atoms with van der Waals surface area (Å²) < 4.78 is 0. The average molecular weight is 329 g/mol. The Morgan fingerprint density at radius 1 is 1.25 bits per heavy atom. The Morgan fingerprint density at radius 2 is 1.96 bits per heavy atom. The van der Waals surface area contributed by atoms with Crippen molar-refractivity contribution >= 4 is 0 Å². The first-order chi connectivity index (χ1) is 11.2. The van der Waals surface area contributed by atoms with Crippen LogP contribution < -0.4 is 0 Å². The number of benzene rings is 1. The Labute approximate surface area is 148 Å². The van der Waals surface area contributed by atoms with E-state index >= 15 is 0 Å². The zero-order valence-electron chi connectivity index (χ0n) is 16.6. The molecule has 0 unspecified atom stereocenters. The molecule has 0 saturated heterocycles. The Hall–Kier alpha value is -0.980. The third-order valence-corrected chi connectivity index (χ3v) is 7.66. The van der Waals surface area contributed by atoms with Gasteiger partial charge in [-0.1, -0.05) is 47.5 Å². The summed E-state index contributed by atoms with van der Waals surface area (Å²) in [5, 5.41) is 10.1. The van der Waals surface area contributed by atoms with Crippen molar-refractivity contribution < 1.29 is 5.11 Å². The third-order valence-electron chi connectivity index (χ3n) is 7.66. The summed E-state index contributed by atoms with van der Waals surface area (Å²) in [6, 6.07) is 4.03. The van der Waals surface area contributed by atoms with Crippen LogP contribution in [-0.4, -0.2) is 5.11 Å². The SMILES string of the molecule is CCCC[C@]1(C)[C@H]2Cc3cc(O)cc(C)c3[C@]2(C)CC[C@H]1C(C)C. The average Bonchev–Trinajstić information content (AvgIpc) is 2.79. The predicted molar refractivity (Wildman–Crippen MR) is 103 cm³/mol. The maximum absolute atomic E-state index is 10.1. The number of phenolic OH excluding ortho intramolecular Hbond substituents is 1. The fourth-order valence-electron chi connectivity index (χ4n) is 6.75. The van der Waals surface area contributed by atoms with Gasteiger partial charge in [0, 0.05) is 0 Å². The van der Waals surface area contributed by atoms with Crippen molar-refractivity contribution in [1.29, 1.82) is 0 Å². The number of phenols is 1. The van der Waals surface area contributed by atoms with Crippen LogP contribution in [0.3, 0.4) is 0 Å². The number of aromatic hydroxyl groups is 1. The van der Waals surface area contributed by atoms with Crippen LogP contribution in [0.5, 0.6) is 5.75 Å². The largest absolute Gasteiger partial charge is 0.508 e. The molecule has 3 rings (SSSR count). The predicted octanol–water partition coefficient (Wildman–Crippen LogP) is 6.39. The van der Waals surface area contributed by atoms with E-state index in [-0.39, 0.29) is 0 Å². The molecule has 24 heavy (non-hydrogen) atoms. The van der Waals surface area contributed by atoms with Crippen LogP contribution in [-0.2, 0) is 11.8 Å². The Balaban J connectivity index is 2.08. The zero-order chi connectivity index (χ0) is 17.7. The molecule has 1 heteroatoms. The summed E-state index contributed by atoms with van der Waals surface area (Å²) in [5.41, 5.74) is 5.00. The van der Waals surface area contributed by atoms with E-state index < -0.39 is 0 Å². The van der Waals surface area contributed by atoms with Crippen molar-refractivity contribution in [1.82, 2.24) is 0 Å². The van der Waals surface area contributed by atoms with Crippen LogP contribution in [0.4, 0.5) is 0 Å². The van der Waals surface area contributed by atoms with Crippen molar-refractivity contribution in [2.75, 3.05) is 0 Å². The summed E-state index contributed by atoms with van der Waals surface area (Å²) in [5.74, 6) is 2.75. The molecule has 0 heterocycles. The maximum Gasteiger partial charge on any atom is 0.116 e. The Morgan fingerprint density at radius 3 is 2.58 bits per heavy atom. The van der Waals surface area contributed by atoms with Crippen molar-refractivity contribution in [2.24, 2.45) is 23.2 Å². The van der Waals surface area contributed by atoms with Gasteiger partial charge < -0.3 is 5.11 Å². The molecule has 0 amide bonds. The minimum Gasteiger partial charge on any atom is -0.508 e. The molecule has 1 saturated carbocycles. The molecule has 2 aliphatic carbocycles. The second kappa shape index (κ2) is 6.07. The van der Waals surface area contributed by atoms with Crippen molar-refractivity contribution in [2.45, 2.75) is 85.5 Å². The quantitative estimate of drug-likeness (QED) is 0.678. The van der Waals surface area contributed by atoms with E-state index in [1.54, 1.807) is 5.56 Å². The number of unbranched alkanes of at least 4 members (excludes halogenated alkanes) is 1. The third kappa shape index (κ3) is 2.50. The molecular weight excluding hydrogens is 292 g/mol. The van der Waals surface area contributed by atoms with Gasteiger partial charge in [0.2, 0.25) is 0 Å². The molecule has 1 aromatic carbocycles. The zero-order valence-corrected chi connectivity index (χ0v) is 16.6. The standard InChI is InChI=1S/C23H36O/c1-7-8-10-22(5)19(15(2)3)9-11-23(6)20(22)14-17-13-18(24)12-16(4)21(17)23/h12-13,15,19-20,24H,7-11,14H2,1-6H3/t19-,20+,22-,23+/m0/s1. The highest BCUT2D eigenvalue weighted by molar-refractivity contribution is 5.50. The lowest BCUT2D eigenvalue weighted by molar-refractivity contribution is -0.0370. The molecule has 1 fully saturated rings. The Bertz CT molecular complexity index is 617. The first-order valence-corrected chi connectivity index (χ1v) is 10.1. The second-order valence-corrected chi connectivity index (χ2v) is 9.47. The van der Waals surface area contributed by atoms with Gasteiger partial charge in [0.1, 0.15) is 5.75 Å². The molecular formula is C23H36O. The van der Waals surface area contributed by atoms with Crippen molar-refractivity contribution in [3.05, 3.63) is 28.8 Å². The molecule has 1 aromatic rings. The van der Waals surface area contributed by atoms with Gasteiger partial charge in [-0.15, -0.1) is 0 Å². The lowest BCUT2D eigenvalue weighted by Gasteiger charge is -2.56. The summed E-state index contributed by atoms with van der Waals surface area (Å²) in [4.78, 5) is 0. The fraction of sp³-hybridized carbons (Fsp3) is 0.739. The molecule has 0 spiro atoms. The highest BCUT2D eigenvalue weighted by Crippen LogP contribution is 2.63. The normalized spacial score (nSPS) is 35.1. The number of fused-ring (bicyclic) bond motifs is 3. The molecule has 0 bridgehead atoms. The van der Waals surface area contributed by atoms with E-state index in [9.17, 15) is 5.11 Å². The van der Waals surface area contributed by atoms with E-state index in [1.165, 1.54) is 43.2 Å². The second-order valence-electron chi connectivity index (χ2n) is 9.47. The van der Waals surface area contributed by atoms with Crippen LogP contribution in [0, 0.1) is 30.1 Å². The summed E-state index contributed by atoms with van der Waals surface area (Å²) in [6.45, 7) is 14.5. The Kier molecular flexibility index (Phi) is 4.51. The lowest BCUT2D eigenvalue weighted by atomic mass is 9.49. The van der Waals surface area contributed by atoms with Gasteiger partial charge in [-0.2, -0.15) is 0 Å². The summed E-state index contributed by atoms with van der Waals surface area (Å²) in [6.07, 6.45) is 7.80. The summed E-state index contributed by atoms with van der Waals surface area (Å²) in [7, 11) is 0. The molecule has 0 aliphatic heterocycles. The van der Waals surface area contributed by atoms with Crippen LogP contribution in [0.25, 0.3) is 0 Å². The van der Waals surface area contributed by atoms with E-state index in [0.29, 0.717) is 22.5 Å². The van der Waals surface area contributed by atoms with E-state index in [4.69, 9.17) is 0 Å². The van der Waals surface area contributed by atoms with Gasteiger partial charge >= 0.3 is 0 Å². The topological polar surface area (TPSA) is 20.2 Å². The van der Waals surface area contributed by atoms with E-state index in [1.807, 2.05) is 6.07 Å². The highest BCUT2D eigenvalue weighted by atomic mass is 16.3. The van der Waals surface area contributed by atoms with Gasteiger partial charge in [-0.05, 0) is 90.0 Å². The van der Waals surface area contributed by atoms with Gasteiger partial charge in [-0.25, -0.2) is 0 Å². The van der Waals surface area contributed by atoms with Gasteiger partial charge in [-0.3, -0.25) is 0 Å². The molecule has 4 atom stereocenters. The maximum atomic E-state index is 10.1. The van der Waals surface area contributed by atoms with E-state index in [0.717, 1.165) is 18.3 Å². The van der Waals surface area contributed by atoms with Gasteiger partial charge in [0.05, 0.1) is 0 Å². The van der Waals surface area contributed by atoms with Crippen LogP contribution in [0.1, 0.15) is 83.4 Å². The lowest BCUT2D eigenvalue weighted by Crippen LogP contribution is -2.50. The molecule has 0 aromatic heterocycles. The monoisotopic (exact) mass is 328 g/mol. The molecule has 0 radical (unpaired) electrons. The number of hydrogen-bond acceptors (Lipinski definition) is 1. The van der Waals surface area contributed by atoms with E-state index in [2.05, 4.69) is 47.6 Å². The van der Waals surface area contributed by atoms with Crippen LogP contribution >= 0.6 is 0 Å². The number of hydrogen-bond donors (Lipinski definition) is 1. The summed E-state index contributed by atoms with van der Waals surface area (Å²) >= 11 is 0. The first kappa shape index (κ1) is 17.8. The smallest absolute Gasteiger partial charge is 0.116 e.